The zero-order chi connectivity index (χ0) is 13.0. The van der Waals surface area contributed by atoms with Crippen molar-refractivity contribution < 1.29 is 4.39 Å². The van der Waals surface area contributed by atoms with E-state index in [2.05, 4.69) is 16.3 Å². The third kappa shape index (κ3) is 2.87. The quantitative estimate of drug-likeness (QED) is 0.888. The molecule has 1 N–H and O–H groups in total. The van der Waals surface area contributed by atoms with Crippen LogP contribution in [-0.2, 0) is 0 Å². The highest BCUT2D eigenvalue weighted by Crippen LogP contribution is 2.25. The van der Waals surface area contributed by atoms with Crippen molar-refractivity contribution in [1.29, 1.82) is 5.26 Å². The molecule has 1 aromatic carbocycles. The van der Waals surface area contributed by atoms with Crippen LogP contribution in [-0.4, -0.2) is 31.1 Å². The summed E-state index contributed by atoms with van der Waals surface area (Å²) < 4.78 is 13.6. The van der Waals surface area contributed by atoms with E-state index < -0.39 is 0 Å². The topological polar surface area (TPSA) is 39.1 Å². The Kier molecular flexibility index (Phi) is 4.29. The Labute approximate surface area is 107 Å². The highest BCUT2D eigenvalue weighted by Gasteiger charge is 2.22. The van der Waals surface area contributed by atoms with E-state index in [1.807, 2.05) is 6.07 Å². The summed E-state index contributed by atoms with van der Waals surface area (Å²) in [5.74, 6) is -0.189. The molecule has 1 aliphatic heterocycles. The van der Waals surface area contributed by atoms with E-state index in [9.17, 15) is 4.39 Å². The normalized spacial score (nSPS) is 18.3. The smallest absolute Gasteiger partial charge is 0.126 e. The van der Waals surface area contributed by atoms with Crippen molar-refractivity contribution in [2.24, 2.45) is 0 Å². The van der Waals surface area contributed by atoms with Gasteiger partial charge in [0, 0.05) is 32.2 Å². The third-order valence-electron chi connectivity index (χ3n) is 3.46. The molecule has 96 valence electrons. The van der Waals surface area contributed by atoms with Gasteiger partial charge in [0.05, 0.1) is 12.5 Å². The van der Waals surface area contributed by atoms with Crippen LogP contribution in [0.5, 0.6) is 0 Å². The average Bonchev–Trinajstić information content (AvgIpc) is 2.40. The lowest BCUT2D eigenvalue weighted by molar-refractivity contribution is 0.175. The van der Waals surface area contributed by atoms with Crippen molar-refractivity contribution in [3.8, 4) is 6.07 Å². The molecule has 1 heterocycles. The monoisotopic (exact) mass is 247 g/mol. The number of nitrogens with one attached hydrogen (secondary N) is 1. The van der Waals surface area contributed by atoms with Crippen LogP contribution >= 0.6 is 0 Å². The summed E-state index contributed by atoms with van der Waals surface area (Å²) in [6.45, 7) is 5.42. The standard InChI is InChI=1S/C14H18FN3/c1-11-2-3-12(10-13(11)15)14(4-5-16)18-8-6-17-7-9-18/h2-3,10,14,17H,4,6-9H2,1H3/t14-/m1/s1. The van der Waals surface area contributed by atoms with E-state index in [0.29, 0.717) is 12.0 Å². The Morgan fingerprint density at radius 1 is 1.44 bits per heavy atom. The first kappa shape index (κ1) is 13.0. The summed E-state index contributed by atoms with van der Waals surface area (Å²) in [4.78, 5) is 2.25. The first-order valence-corrected chi connectivity index (χ1v) is 6.30. The van der Waals surface area contributed by atoms with Crippen molar-refractivity contribution >= 4 is 0 Å². The minimum atomic E-state index is -0.189. The van der Waals surface area contributed by atoms with E-state index >= 15 is 0 Å². The van der Waals surface area contributed by atoms with E-state index in [0.717, 1.165) is 31.7 Å². The second kappa shape index (κ2) is 5.94. The number of aryl methyl sites for hydroxylation is 1. The molecule has 18 heavy (non-hydrogen) atoms. The minimum Gasteiger partial charge on any atom is -0.314 e. The van der Waals surface area contributed by atoms with Crippen molar-refractivity contribution in [2.75, 3.05) is 26.2 Å². The maximum atomic E-state index is 13.6. The number of hydrogen-bond donors (Lipinski definition) is 1. The van der Waals surface area contributed by atoms with Gasteiger partial charge in [0.25, 0.3) is 0 Å². The molecule has 1 fully saturated rings. The van der Waals surface area contributed by atoms with Gasteiger partial charge in [0.15, 0.2) is 0 Å². The maximum Gasteiger partial charge on any atom is 0.126 e. The molecule has 1 atom stereocenters. The van der Waals surface area contributed by atoms with Gasteiger partial charge in [-0.1, -0.05) is 12.1 Å². The van der Waals surface area contributed by atoms with E-state index in [4.69, 9.17) is 5.26 Å². The fourth-order valence-corrected chi connectivity index (χ4v) is 2.35. The largest absolute Gasteiger partial charge is 0.314 e. The Morgan fingerprint density at radius 2 is 2.17 bits per heavy atom. The number of halogens is 1. The van der Waals surface area contributed by atoms with Crippen LogP contribution in [0.4, 0.5) is 4.39 Å². The van der Waals surface area contributed by atoms with Gasteiger partial charge in [0.2, 0.25) is 0 Å². The molecule has 0 spiro atoms. The van der Waals surface area contributed by atoms with Crippen molar-refractivity contribution in [1.82, 2.24) is 10.2 Å². The van der Waals surface area contributed by atoms with Crippen LogP contribution in [0, 0.1) is 24.1 Å². The van der Waals surface area contributed by atoms with E-state index in [1.54, 1.807) is 19.1 Å². The summed E-state index contributed by atoms with van der Waals surface area (Å²) >= 11 is 0. The predicted molar refractivity (Wildman–Crippen MR) is 68.6 cm³/mol. The van der Waals surface area contributed by atoms with E-state index in [1.165, 1.54) is 0 Å². The fourth-order valence-electron chi connectivity index (χ4n) is 2.35. The van der Waals surface area contributed by atoms with Gasteiger partial charge in [0.1, 0.15) is 5.82 Å². The van der Waals surface area contributed by atoms with E-state index in [-0.39, 0.29) is 11.9 Å². The average molecular weight is 247 g/mol. The molecule has 0 aromatic heterocycles. The van der Waals surface area contributed by atoms with Crippen LogP contribution in [0.1, 0.15) is 23.6 Å². The number of nitriles is 1. The fraction of sp³-hybridized carbons (Fsp3) is 0.500. The second-order valence-corrected chi connectivity index (χ2v) is 4.67. The zero-order valence-electron chi connectivity index (χ0n) is 10.6. The molecule has 0 amide bonds. The van der Waals surface area contributed by atoms with Crippen LogP contribution in [0.15, 0.2) is 18.2 Å². The van der Waals surface area contributed by atoms with Crippen molar-refractivity contribution in [3.63, 3.8) is 0 Å². The SMILES string of the molecule is Cc1ccc([C@@H](CC#N)N2CCNCC2)cc1F. The summed E-state index contributed by atoms with van der Waals surface area (Å²) in [7, 11) is 0. The molecule has 0 unspecified atom stereocenters. The molecule has 2 rings (SSSR count). The van der Waals surface area contributed by atoms with Crippen LogP contribution in [0.25, 0.3) is 0 Å². The first-order chi connectivity index (χ1) is 8.72. The molecule has 1 aromatic rings. The lowest BCUT2D eigenvalue weighted by Crippen LogP contribution is -2.45. The number of nitrogens with zero attached hydrogens (tertiary/aromatic N) is 2. The molecule has 0 bridgehead atoms. The molecule has 3 nitrogen and oxygen atoms in total. The highest BCUT2D eigenvalue weighted by molar-refractivity contribution is 5.26. The molecule has 1 saturated heterocycles. The maximum absolute atomic E-state index is 13.6. The van der Waals surface area contributed by atoms with Crippen LogP contribution < -0.4 is 5.32 Å². The summed E-state index contributed by atoms with van der Waals surface area (Å²) in [5.41, 5.74) is 1.55. The molecular weight excluding hydrogens is 229 g/mol. The Hall–Kier alpha value is -1.44. The van der Waals surface area contributed by atoms with Gasteiger partial charge in [-0.05, 0) is 24.1 Å². The molecule has 0 radical (unpaired) electrons. The molecule has 4 heteroatoms. The van der Waals surface area contributed by atoms with Gasteiger partial charge in [-0.25, -0.2) is 4.39 Å². The Morgan fingerprint density at radius 3 is 2.78 bits per heavy atom. The van der Waals surface area contributed by atoms with Gasteiger partial charge >= 0.3 is 0 Å². The Bertz CT molecular complexity index is 447. The zero-order valence-corrected chi connectivity index (χ0v) is 10.6. The van der Waals surface area contributed by atoms with Gasteiger partial charge in [-0.2, -0.15) is 5.26 Å². The molecule has 1 aliphatic rings. The lowest BCUT2D eigenvalue weighted by atomic mass is 10.00. The number of hydrogen-bond acceptors (Lipinski definition) is 3. The summed E-state index contributed by atoms with van der Waals surface area (Å²) in [6.07, 6.45) is 0.405. The Balaban J connectivity index is 2.22. The number of benzene rings is 1. The van der Waals surface area contributed by atoms with Gasteiger partial charge < -0.3 is 5.32 Å². The molecule has 0 aliphatic carbocycles. The summed E-state index contributed by atoms with van der Waals surface area (Å²) in [6, 6.07) is 7.51. The first-order valence-electron chi connectivity index (χ1n) is 6.30. The summed E-state index contributed by atoms with van der Waals surface area (Å²) in [5, 5.41) is 12.3. The van der Waals surface area contributed by atoms with Gasteiger partial charge in [-0.3, -0.25) is 4.90 Å². The number of piperazine rings is 1. The van der Waals surface area contributed by atoms with Gasteiger partial charge in [-0.15, -0.1) is 0 Å². The van der Waals surface area contributed by atoms with Crippen molar-refractivity contribution in [3.05, 3.63) is 35.1 Å². The highest BCUT2D eigenvalue weighted by atomic mass is 19.1. The minimum absolute atomic E-state index is 0.00667. The third-order valence-corrected chi connectivity index (χ3v) is 3.46. The van der Waals surface area contributed by atoms with Crippen LogP contribution in [0.2, 0.25) is 0 Å². The van der Waals surface area contributed by atoms with Crippen molar-refractivity contribution in [2.45, 2.75) is 19.4 Å². The lowest BCUT2D eigenvalue weighted by Gasteiger charge is -2.34. The molecule has 0 saturated carbocycles. The second-order valence-electron chi connectivity index (χ2n) is 4.67. The predicted octanol–water partition coefficient (Wildman–Crippen LogP) is 1.99. The molecular formula is C14H18FN3. The van der Waals surface area contributed by atoms with Crippen LogP contribution in [0.3, 0.4) is 0 Å². The number of rotatable bonds is 3.